The SMILES string of the molecule is O=C(O)[C@@H]1CCCN1Cc1cc(F)ccc1Br. The van der Waals surface area contributed by atoms with Gasteiger partial charge in [-0.3, -0.25) is 9.69 Å². The van der Waals surface area contributed by atoms with E-state index >= 15 is 0 Å². The Labute approximate surface area is 107 Å². The molecule has 0 amide bonds. The van der Waals surface area contributed by atoms with E-state index in [0.717, 1.165) is 23.0 Å². The molecule has 1 atom stereocenters. The van der Waals surface area contributed by atoms with Crippen molar-refractivity contribution in [2.75, 3.05) is 6.54 Å². The molecule has 1 N–H and O–H groups in total. The fourth-order valence-electron chi connectivity index (χ4n) is 2.18. The molecule has 0 aliphatic carbocycles. The first-order chi connectivity index (χ1) is 8.08. The highest BCUT2D eigenvalue weighted by molar-refractivity contribution is 9.10. The van der Waals surface area contributed by atoms with E-state index in [2.05, 4.69) is 15.9 Å². The second kappa shape index (κ2) is 5.14. The van der Waals surface area contributed by atoms with Gasteiger partial charge >= 0.3 is 5.97 Å². The molecule has 17 heavy (non-hydrogen) atoms. The Morgan fingerprint density at radius 3 is 3.06 bits per heavy atom. The zero-order valence-electron chi connectivity index (χ0n) is 9.20. The molecule has 1 aliphatic rings. The van der Waals surface area contributed by atoms with Crippen molar-refractivity contribution in [2.24, 2.45) is 0 Å². The van der Waals surface area contributed by atoms with Crippen molar-refractivity contribution >= 4 is 21.9 Å². The third-order valence-corrected chi connectivity index (χ3v) is 3.80. The Hall–Kier alpha value is -0.940. The van der Waals surface area contributed by atoms with Gasteiger partial charge in [0.25, 0.3) is 0 Å². The zero-order valence-corrected chi connectivity index (χ0v) is 10.8. The molecule has 0 saturated carbocycles. The van der Waals surface area contributed by atoms with E-state index in [9.17, 15) is 9.18 Å². The van der Waals surface area contributed by atoms with Gasteiger partial charge in [-0.2, -0.15) is 0 Å². The Morgan fingerprint density at radius 1 is 1.59 bits per heavy atom. The minimum atomic E-state index is -0.796. The van der Waals surface area contributed by atoms with Crippen LogP contribution in [0.3, 0.4) is 0 Å². The van der Waals surface area contributed by atoms with Crippen molar-refractivity contribution in [3.8, 4) is 0 Å². The normalized spacial score (nSPS) is 20.7. The van der Waals surface area contributed by atoms with Gasteiger partial charge in [0.05, 0.1) is 0 Å². The van der Waals surface area contributed by atoms with E-state index in [1.807, 2.05) is 4.90 Å². The Morgan fingerprint density at radius 2 is 2.35 bits per heavy atom. The molecule has 1 heterocycles. The summed E-state index contributed by atoms with van der Waals surface area (Å²) >= 11 is 3.35. The molecule has 0 bridgehead atoms. The van der Waals surface area contributed by atoms with Gasteiger partial charge in [-0.05, 0) is 43.1 Å². The van der Waals surface area contributed by atoms with Crippen LogP contribution in [0.2, 0.25) is 0 Å². The molecule has 1 aliphatic heterocycles. The van der Waals surface area contributed by atoms with Crippen molar-refractivity contribution in [3.05, 3.63) is 34.1 Å². The second-order valence-corrected chi connectivity index (χ2v) is 5.06. The molecule has 1 aromatic carbocycles. The quantitative estimate of drug-likeness (QED) is 0.933. The lowest BCUT2D eigenvalue weighted by atomic mass is 10.2. The van der Waals surface area contributed by atoms with Gasteiger partial charge in [0.2, 0.25) is 0 Å². The van der Waals surface area contributed by atoms with E-state index in [4.69, 9.17) is 5.11 Å². The predicted octanol–water partition coefficient (Wildman–Crippen LogP) is 2.64. The number of aliphatic carboxylic acids is 1. The van der Waals surface area contributed by atoms with E-state index in [1.165, 1.54) is 12.1 Å². The van der Waals surface area contributed by atoms with Gasteiger partial charge in [-0.1, -0.05) is 15.9 Å². The average molecular weight is 302 g/mol. The number of hydrogen-bond acceptors (Lipinski definition) is 2. The minimum absolute atomic E-state index is 0.297. The number of hydrogen-bond donors (Lipinski definition) is 1. The zero-order chi connectivity index (χ0) is 12.4. The summed E-state index contributed by atoms with van der Waals surface area (Å²) in [7, 11) is 0. The number of likely N-dealkylation sites (tertiary alicyclic amines) is 1. The molecule has 92 valence electrons. The standard InChI is InChI=1S/C12H13BrFNO2/c13-10-4-3-9(14)6-8(10)7-15-5-1-2-11(15)12(16)17/h3-4,6,11H,1-2,5,7H2,(H,16,17)/t11-/m0/s1. The van der Waals surface area contributed by atoms with Gasteiger partial charge < -0.3 is 5.11 Å². The maximum absolute atomic E-state index is 13.1. The van der Waals surface area contributed by atoms with Crippen molar-refractivity contribution in [3.63, 3.8) is 0 Å². The smallest absolute Gasteiger partial charge is 0.320 e. The molecule has 1 aromatic rings. The van der Waals surface area contributed by atoms with Crippen LogP contribution in [0.15, 0.2) is 22.7 Å². The van der Waals surface area contributed by atoms with Crippen LogP contribution in [0.25, 0.3) is 0 Å². The van der Waals surface area contributed by atoms with E-state index in [0.29, 0.717) is 13.0 Å². The largest absolute Gasteiger partial charge is 0.480 e. The van der Waals surface area contributed by atoms with Crippen LogP contribution in [0.1, 0.15) is 18.4 Å². The lowest BCUT2D eigenvalue weighted by Crippen LogP contribution is -2.35. The number of nitrogens with zero attached hydrogens (tertiary/aromatic N) is 1. The first kappa shape index (κ1) is 12.5. The summed E-state index contributed by atoms with van der Waals surface area (Å²) in [6.45, 7) is 1.22. The molecule has 1 saturated heterocycles. The van der Waals surface area contributed by atoms with Crippen molar-refractivity contribution in [1.29, 1.82) is 0 Å². The van der Waals surface area contributed by atoms with Crippen molar-refractivity contribution < 1.29 is 14.3 Å². The minimum Gasteiger partial charge on any atom is -0.480 e. The van der Waals surface area contributed by atoms with Gasteiger partial charge in [-0.25, -0.2) is 4.39 Å². The van der Waals surface area contributed by atoms with Crippen LogP contribution >= 0.6 is 15.9 Å². The first-order valence-corrected chi connectivity index (χ1v) is 6.28. The van der Waals surface area contributed by atoms with Crippen molar-refractivity contribution in [2.45, 2.75) is 25.4 Å². The highest BCUT2D eigenvalue weighted by atomic mass is 79.9. The number of carboxylic acids is 1. The molecule has 3 nitrogen and oxygen atoms in total. The summed E-state index contributed by atoms with van der Waals surface area (Å²) in [5, 5.41) is 9.06. The summed E-state index contributed by atoms with van der Waals surface area (Å²) in [6, 6.07) is 4.04. The molecule has 0 radical (unpaired) electrons. The topological polar surface area (TPSA) is 40.5 Å². The van der Waals surface area contributed by atoms with Crippen LogP contribution in [0.5, 0.6) is 0 Å². The summed E-state index contributed by atoms with van der Waals surface area (Å²) < 4.78 is 13.9. The fraction of sp³-hybridized carbons (Fsp3) is 0.417. The van der Waals surface area contributed by atoms with E-state index in [-0.39, 0.29) is 5.82 Å². The van der Waals surface area contributed by atoms with Crippen LogP contribution < -0.4 is 0 Å². The molecule has 0 unspecified atom stereocenters. The summed E-state index contributed by atoms with van der Waals surface area (Å²) in [5.41, 5.74) is 0.790. The summed E-state index contributed by atoms with van der Waals surface area (Å²) in [4.78, 5) is 12.9. The number of carboxylic acid groups (broad SMARTS) is 1. The molecular weight excluding hydrogens is 289 g/mol. The predicted molar refractivity (Wildman–Crippen MR) is 65.2 cm³/mol. The molecule has 2 rings (SSSR count). The van der Waals surface area contributed by atoms with Gasteiger partial charge in [-0.15, -0.1) is 0 Å². The monoisotopic (exact) mass is 301 g/mol. The van der Waals surface area contributed by atoms with Crippen LogP contribution in [-0.4, -0.2) is 28.6 Å². The molecular formula is C12H13BrFNO2. The number of carbonyl (C=O) groups is 1. The van der Waals surface area contributed by atoms with E-state index < -0.39 is 12.0 Å². The van der Waals surface area contributed by atoms with Gasteiger partial charge in [0.1, 0.15) is 11.9 Å². The van der Waals surface area contributed by atoms with E-state index in [1.54, 1.807) is 6.07 Å². The molecule has 0 spiro atoms. The number of halogens is 2. The lowest BCUT2D eigenvalue weighted by molar-refractivity contribution is -0.142. The molecule has 5 heteroatoms. The number of benzene rings is 1. The summed E-state index contributed by atoms with van der Waals surface area (Å²) in [5.74, 6) is -1.09. The maximum atomic E-state index is 13.1. The van der Waals surface area contributed by atoms with Gasteiger partial charge in [0, 0.05) is 11.0 Å². The van der Waals surface area contributed by atoms with Crippen LogP contribution in [-0.2, 0) is 11.3 Å². The molecule has 0 aromatic heterocycles. The van der Waals surface area contributed by atoms with Crippen LogP contribution in [0, 0.1) is 5.82 Å². The molecule has 1 fully saturated rings. The third-order valence-electron chi connectivity index (χ3n) is 3.03. The fourth-order valence-corrected chi connectivity index (χ4v) is 2.55. The Kier molecular flexibility index (Phi) is 3.79. The maximum Gasteiger partial charge on any atom is 0.320 e. The summed E-state index contributed by atoms with van der Waals surface area (Å²) in [6.07, 6.45) is 1.55. The van der Waals surface area contributed by atoms with Crippen LogP contribution in [0.4, 0.5) is 4.39 Å². The first-order valence-electron chi connectivity index (χ1n) is 5.48. The Balaban J connectivity index is 2.15. The highest BCUT2D eigenvalue weighted by Gasteiger charge is 2.30. The average Bonchev–Trinajstić information content (AvgIpc) is 2.71. The second-order valence-electron chi connectivity index (χ2n) is 4.20. The lowest BCUT2D eigenvalue weighted by Gasteiger charge is -2.21. The van der Waals surface area contributed by atoms with Crippen molar-refractivity contribution in [1.82, 2.24) is 4.90 Å². The highest BCUT2D eigenvalue weighted by Crippen LogP contribution is 2.24. The Bertz CT molecular complexity index is 439. The van der Waals surface area contributed by atoms with Gasteiger partial charge in [0.15, 0.2) is 0 Å². The third kappa shape index (κ3) is 2.84. The number of rotatable bonds is 3.